The monoisotopic (exact) mass is 404 g/mol. The molecule has 28 heavy (non-hydrogen) atoms. The molecule has 1 aliphatic heterocycles. The molecule has 0 spiro atoms. The van der Waals surface area contributed by atoms with Crippen LogP contribution in [0.15, 0.2) is 23.1 Å². The summed E-state index contributed by atoms with van der Waals surface area (Å²) in [6, 6.07) is 5.83. The van der Waals surface area contributed by atoms with Crippen LogP contribution in [0.4, 0.5) is 5.69 Å². The number of nitrogens with one attached hydrogen (secondary N) is 1. The van der Waals surface area contributed by atoms with Gasteiger partial charge in [0.05, 0.1) is 11.4 Å². The van der Waals surface area contributed by atoms with Gasteiger partial charge >= 0.3 is 0 Å². The molecule has 0 bridgehead atoms. The maximum absolute atomic E-state index is 13.1. The first-order valence-corrected chi connectivity index (χ1v) is 10.9. The Balaban J connectivity index is 1.68. The molecule has 1 amide bonds. The summed E-state index contributed by atoms with van der Waals surface area (Å²) in [6.07, 6.45) is 1.02. The van der Waals surface area contributed by atoms with Crippen molar-refractivity contribution in [3.05, 3.63) is 40.7 Å². The van der Waals surface area contributed by atoms with Crippen LogP contribution in [-0.2, 0) is 21.9 Å². The number of anilines is 1. The Morgan fingerprint density at radius 1 is 1.14 bits per heavy atom. The molecule has 3 rings (SSSR count). The molecule has 0 saturated carbocycles. The summed E-state index contributed by atoms with van der Waals surface area (Å²) in [5, 5.41) is 7.23. The molecule has 0 unspecified atom stereocenters. The largest absolute Gasteiger partial charge is 0.326 e. The molecule has 152 valence electrons. The van der Waals surface area contributed by atoms with Gasteiger partial charge in [-0.1, -0.05) is 12.1 Å². The van der Waals surface area contributed by atoms with E-state index in [1.807, 2.05) is 32.0 Å². The number of rotatable bonds is 4. The van der Waals surface area contributed by atoms with Crippen LogP contribution in [0.1, 0.15) is 35.4 Å². The lowest BCUT2D eigenvalue weighted by Gasteiger charge is -2.30. The summed E-state index contributed by atoms with van der Waals surface area (Å²) < 4.78 is 29.2. The molecule has 0 aliphatic carbocycles. The fraction of sp³-hybridized carbons (Fsp3) is 0.500. The highest BCUT2D eigenvalue weighted by Gasteiger charge is 2.35. The molecule has 0 radical (unpaired) electrons. The number of nitrogens with zero attached hydrogens (tertiary/aromatic N) is 3. The number of sulfonamides is 1. The first-order chi connectivity index (χ1) is 13.1. The predicted molar refractivity (Wildman–Crippen MR) is 109 cm³/mol. The van der Waals surface area contributed by atoms with Gasteiger partial charge in [-0.25, -0.2) is 8.42 Å². The number of aryl methyl sites for hydroxylation is 3. The van der Waals surface area contributed by atoms with Crippen molar-refractivity contribution in [3.8, 4) is 0 Å². The Morgan fingerprint density at radius 3 is 2.36 bits per heavy atom. The third-order valence-corrected chi connectivity index (χ3v) is 7.88. The Labute approximate surface area is 166 Å². The summed E-state index contributed by atoms with van der Waals surface area (Å²) in [5.74, 6) is -0.234. The van der Waals surface area contributed by atoms with Gasteiger partial charge < -0.3 is 5.32 Å². The average Bonchev–Trinajstić information content (AvgIpc) is 2.91. The second kappa shape index (κ2) is 7.67. The predicted octanol–water partition coefficient (Wildman–Crippen LogP) is 2.69. The maximum Gasteiger partial charge on any atom is 0.246 e. The van der Waals surface area contributed by atoms with Crippen LogP contribution in [0.25, 0.3) is 0 Å². The van der Waals surface area contributed by atoms with Crippen molar-refractivity contribution in [2.45, 2.75) is 45.4 Å². The topological polar surface area (TPSA) is 84.3 Å². The van der Waals surface area contributed by atoms with Crippen molar-refractivity contribution in [2.75, 3.05) is 18.4 Å². The maximum atomic E-state index is 13.1. The lowest BCUT2D eigenvalue weighted by molar-refractivity contribution is -0.120. The van der Waals surface area contributed by atoms with E-state index in [9.17, 15) is 13.2 Å². The minimum atomic E-state index is -3.60. The third kappa shape index (κ3) is 3.71. The first kappa shape index (κ1) is 20.5. The first-order valence-electron chi connectivity index (χ1n) is 9.50. The minimum absolute atomic E-state index is 0.0421. The standard InChI is InChI=1S/C20H28N4O3S/c1-13-7-6-8-18(14(13)2)21-20(25)17-9-11-24(12-10-17)28(26,27)19-15(3)22-23(5)16(19)4/h6-8,17H,9-12H2,1-5H3,(H,21,25). The van der Waals surface area contributed by atoms with E-state index in [1.165, 1.54) is 4.31 Å². The highest BCUT2D eigenvalue weighted by molar-refractivity contribution is 7.89. The van der Waals surface area contributed by atoms with E-state index in [4.69, 9.17) is 0 Å². The van der Waals surface area contributed by atoms with Crippen molar-refractivity contribution < 1.29 is 13.2 Å². The smallest absolute Gasteiger partial charge is 0.246 e. The Hall–Kier alpha value is -2.19. The molecule has 2 aromatic rings. The second-order valence-electron chi connectivity index (χ2n) is 7.54. The normalized spacial score (nSPS) is 16.3. The lowest BCUT2D eigenvalue weighted by Crippen LogP contribution is -2.41. The van der Waals surface area contributed by atoms with Gasteiger partial charge in [0.25, 0.3) is 0 Å². The zero-order chi connectivity index (χ0) is 20.6. The van der Waals surface area contributed by atoms with Crippen LogP contribution >= 0.6 is 0 Å². The summed E-state index contributed by atoms with van der Waals surface area (Å²) in [6.45, 7) is 8.14. The minimum Gasteiger partial charge on any atom is -0.326 e. The highest BCUT2D eigenvalue weighted by atomic mass is 32.2. The van der Waals surface area contributed by atoms with Crippen LogP contribution in [0.3, 0.4) is 0 Å². The summed E-state index contributed by atoms with van der Waals surface area (Å²) >= 11 is 0. The zero-order valence-electron chi connectivity index (χ0n) is 17.1. The van der Waals surface area contributed by atoms with Gasteiger partial charge in [-0.05, 0) is 57.7 Å². The SMILES string of the molecule is Cc1cccc(NC(=O)C2CCN(S(=O)(=O)c3c(C)nn(C)c3C)CC2)c1C. The zero-order valence-corrected chi connectivity index (χ0v) is 17.9. The van der Waals surface area contributed by atoms with Crippen LogP contribution in [0, 0.1) is 33.6 Å². The van der Waals surface area contributed by atoms with Gasteiger partial charge in [-0.3, -0.25) is 9.48 Å². The molecular formula is C20H28N4O3S. The van der Waals surface area contributed by atoms with Crippen LogP contribution < -0.4 is 5.32 Å². The third-order valence-electron chi connectivity index (χ3n) is 5.73. The van der Waals surface area contributed by atoms with Crippen molar-refractivity contribution in [1.82, 2.24) is 14.1 Å². The number of benzene rings is 1. The van der Waals surface area contributed by atoms with E-state index in [1.54, 1.807) is 25.6 Å². The van der Waals surface area contributed by atoms with Gasteiger partial charge in [0.15, 0.2) is 0 Å². The lowest BCUT2D eigenvalue weighted by atomic mass is 9.97. The Bertz CT molecular complexity index is 1000. The van der Waals surface area contributed by atoms with E-state index in [0.717, 1.165) is 16.8 Å². The van der Waals surface area contributed by atoms with Crippen molar-refractivity contribution in [2.24, 2.45) is 13.0 Å². The quantitative estimate of drug-likeness (QED) is 0.849. The van der Waals surface area contributed by atoms with E-state index in [2.05, 4.69) is 10.4 Å². The summed E-state index contributed by atoms with van der Waals surface area (Å²) in [4.78, 5) is 13.0. The van der Waals surface area contributed by atoms with E-state index < -0.39 is 10.0 Å². The van der Waals surface area contributed by atoms with Gasteiger partial charge in [-0.2, -0.15) is 9.40 Å². The molecule has 7 nitrogen and oxygen atoms in total. The van der Waals surface area contributed by atoms with Gasteiger partial charge in [0.1, 0.15) is 4.90 Å². The molecule has 1 aromatic carbocycles. The van der Waals surface area contributed by atoms with Crippen molar-refractivity contribution in [3.63, 3.8) is 0 Å². The molecule has 1 saturated heterocycles. The molecule has 8 heteroatoms. The van der Waals surface area contributed by atoms with Gasteiger partial charge in [-0.15, -0.1) is 0 Å². The molecule has 0 atom stereocenters. The van der Waals surface area contributed by atoms with Crippen molar-refractivity contribution in [1.29, 1.82) is 0 Å². The molecule has 2 heterocycles. The second-order valence-corrected chi connectivity index (χ2v) is 9.41. The highest BCUT2D eigenvalue weighted by Crippen LogP contribution is 2.28. The number of carbonyl (C=O) groups excluding carboxylic acids is 1. The molecule has 1 fully saturated rings. The van der Waals surface area contributed by atoms with Crippen molar-refractivity contribution >= 4 is 21.6 Å². The molecule has 1 N–H and O–H groups in total. The van der Waals surface area contributed by atoms with Gasteiger partial charge in [0.2, 0.25) is 15.9 Å². The number of amides is 1. The Morgan fingerprint density at radius 2 is 1.79 bits per heavy atom. The van der Waals surface area contributed by atoms with Crippen LogP contribution in [0.2, 0.25) is 0 Å². The molecule has 1 aliphatic rings. The number of hydrogen-bond acceptors (Lipinski definition) is 4. The Kier molecular flexibility index (Phi) is 5.63. The number of piperidine rings is 1. The van der Waals surface area contributed by atoms with E-state index in [0.29, 0.717) is 37.3 Å². The van der Waals surface area contributed by atoms with E-state index in [-0.39, 0.29) is 16.7 Å². The fourth-order valence-electron chi connectivity index (χ4n) is 3.74. The van der Waals surface area contributed by atoms with E-state index >= 15 is 0 Å². The van der Waals surface area contributed by atoms with Crippen LogP contribution in [0.5, 0.6) is 0 Å². The number of aromatic nitrogens is 2. The summed E-state index contributed by atoms with van der Waals surface area (Å²) in [5.41, 5.74) is 4.14. The van der Waals surface area contributed by atoms with Crippen LogP contribution in [-0.4, -0.2) is 41.5 Å². The summed E-state index contributed by atoms with van der Waals surface area (Å²) in [7, 11) is -1.86. The fourth-order valence-corrected chi connectivity index (χ4v) is 5.61. The number of carbonyl (C=O) groups is 1. The number of hydrogen-bond donors (Lipinski definition) is 1. The average molecular weight is 405 g/mol. The molecule has 1 aromatic heterocycles. The van der Waals surface area contributed by atoms with Gasteiger partial charge in [0, 0.05) is 31.7 Å². The molecular weight excluding hydrogens is 376 g/mol.